The van der Waals surface area contributed by atoms with E-state index < -0.39 is 0 Å². The second-order valence-electron chi connectivity index (χ2n) is 5.84. The van der Waals surface area contributed by atoms with Gasteiger partial charge in [0.2, 0.25) is 0 Å². The molecule has 0 atom stereocenters. The average Bonchev–Trinajstić information content (AvgIpc) is 2.61. The SMILES string of the molecule is CSc1cc(-c2ccccc2)nc(-c2cccc(OC(C)C)c2)c1. The first-order valence-corrected chi connectivity index (χ1v) is 9.27. The van der Waals surface area contributed by atoms with Crippen molar-refractivity contribution in [2.24, 2.45) is 0 Å². The molecule has 3 rings (SSSR count). The van der Waals surface area contributed by atoms with E-state index in [2.05, 4.69) is 42.7 Å². The second-order valence-corrected chi connectivity index (χ2v) is 6.72. The molecule has 2 nitrogen and oxygen atoms in total. The molecule has 0 aliphatic carbocycles. The van der Waals surface area contributed by atoms with Gasteiger partial charge in [-0.3, -0.25) is 0 Å². The van der Waals surface area contributed by atoms with Crippen molar-refractivity contribution in [1.82, 2.24) is 4.98 Å². The third-order valence-electron chi connectivity index (χ3n) is 3.61. The second kappa shape index (κ2) is 7.54. The van der Waals surface area contributed by atoms with Crippen LogP contribution in [0.25, 0.3) is 22.5 Å². The minimum Gasteiger partial charge on any atom is -0.491 e. The van der Waals surface area contributed by atoms with Crippen molar-refractivity contribution in [2.45, 2.75) is 24.8 Å². The predicted octanol–water partition coefficient (Wildman–Crippen LogP) is 5.92. The first-order chi connectivity index (χ1) is 11.7. The lowest BCUT2D eigenvalue weighted by Crippen LogP contribution is -2.05. The monoisotopic (exact) mass is 335 g/mol. The average molecular weight is 335 g/mol. The van der Waals surface area contributed by atoms with Crippen LogP contribution in [0.1, 0.15) is 13.8 Å². The Bertz CT molecular complexity index is 815. The van der Waals surface area contributed by atoms with Crippen molar-refractivity contribution in [1.29, 1.82) is 0 Å². The molecule has 0 bridgehead atoms. The third-order valence-corrected chi connectivity index (χ3v) is 4.31. The zero-order valence-electron chi connectivity index (χ0n) is 14.2. The topological polar surface area (TPSA) is 22.1 Å². The fraction of sp³-hybridized carbons (Fsp3) is 0.190. The van der Waals surface area contributed by atoms with Crippen LogP contribution in [0.15, 0.2) is 71.6 Å². The fourth-order valence-corrected chi connectivity index (χ4v) is 2.99. The molecule has 0 fully saturated rings. The molecular weight excluding hydrogens is 314 g/mol. The van der Waals surface area contributed by atoms with Gasteiger partial charge < -0.3 is 4.74 Å². The number of ether oxygens (including phenoxy) is 1. The van der Waals surface area contributed by atoms with Crippen LogP contribution in [-0.2, 0) is 0 Å². The van der Waals surface area contributed by atoms with Crippen LogP contribution in [0.5, 0.6) is 5.75 Å². The van der Waals surface area contributed by atoms with Gasteiger partial charge in [0.05, 0.1) is 17.5 Å². The highest BCUT2D eigenvalue weighted by Gasteiger charge is 2.08. The number of benzene rings is 2. The maximum Gasteiger partial charge on any atom is 0.120 e. The zero-order valence-corrected chi connectivity index (χ0v) is 15.0. The quantitative estimate of drug-likeness (QED) is 0.540. The molecule has 0 unspecified atom stereocenters. The smallest absolute Gasteiger partial charge is 0.120 e. The standard InChI is InChI=1S/C21H21NOS/c1-15(2)23-18-11-7-10-17(12-18)21-14-19(24-3)13-20(22-21)16-8-5-4-6-9-16/h4-15H,1-3H3. The molecule has 1 heterocycles. The van der Waals surface area contributed by atoms with Gasteiger partial charge in [-0.25, -0.2) is 4.98 Å². The fourth-order valence-electron chi connectivity index (χ4n) is 2.53. The van der Waals surface area contributed by atoms with Gasteiger partial charge in [-0.1, -0.05) is 42.5 Å². The van der Waals surface area contributed by atoms with E-state index in [-0.39, 0.29) is 6.10 Å². The van der Waals surface area contributed by atoms with Crippen LogP contribution >= 0.6 is 11.8 Å². The number of hydrogen-bond donors (Lipinski definition) is 0. The molecule has 0 saturated heterocycles. The molecule has 0 N–H and O–H groups in total. The minimum atomic E-state index is 0.158. The molecule has 0 saturated carbocycles. The van der Waals surface area contributed by atoms with Gasteiger partial charge in [0, 0.05) is 16.0 Å². The van der Waals surface area contributed by atoms with Crippen LogP contribution in [0.2, 0.25) is 0 Å². The van der Waals surface area contributed by atoms with Crippen molar-refractivity contribution in [3.8, 4) is 28.3 Å². The molecule has 24 heavy (non-hydrogen) atoms. The van der Waals surface area contributed by atoms with E-state index in [0.717, 1.165) is 28.3 Å². The lowest BCUT2D eigenvalue weighted by Gasteiger charge is -2.12. The maximum absolute atomic E-state index is 5.81. The summed E-state index contributed by atoms with van der Waals surface area (Å²) in [5, 5.41) is 0. The van der Waals surface area contributed by atoms with Crippen LogP contribution in [0.3, 0.4) is 0 Å². The summed E-state index contributed by atoms with van der Waals surface area (Å²) in [6.45, 7) is 4.07. The largest absolute Gasteiger partial charge is 0.491 e. The Morgan fingerprint density at radius 2 is 1.50 bits per heavy atom. The summed E-state index contributed by atoms with van der Waals surface area (Å²) in [5.74, 6) is 0.875. The maximum atomic E-state index is 5.81. The van der Waals surface area contributed by atoms with E-state index >= 15 is 0 Å². The molecule has 0 amide bonds. The van der Waals surface area contributed by atoms with Gasteiger partial charge in [-0.2, -0.15) is 0 Å². The highest BCUT2D eigenvalue weighted by atomic mass is 32.2. The van der Waals surface area contributed by atoms with Gasteiger partial charge in [0.25, 0.3) is 0 Å². The molecule has 1 aromatic heterocycles. The molecular formula is C21H21NOS. The van der Waals surface area contributed by atoms with Gasteiger partial charge in [-0.05, 0) is 44.4 Å². The van der Waals surface area contributed by atoms with Crippen molar-refractivity contribution >= 4 is 11.8 Å². The lowest BCUT2D eigenvalue weighted by atomic mass is 10.1. The summed E-state index contributed by atoms with van der Waals surface area (Å²) < 4.78 is 5.81. The van der Waals surface area contributed by atoms with Crippen molar-refractivity contribution in [2.75, 3.05) is 6.26 Å². The zero-order chi connectivity index (χ0) is 16.9. The summed E-state index contributed by atoms with van der Waals surface area (Å²) >= 11 is 1.73. The van der Waals surface area contributed by atoms with E-state index in [1.54, 1.807) is 11.8 Å². The summed E-state index contributed by atoms with van der Waals surface area (Å²) in [4.78, 5) is 6.08. The molecule has 2 aromatic carbocycles. The van der Waals surface area contributed by atoms with E-state index in [0.29, 0.717) is 0 Å². The number of rotatable bonds is 5. The lowest BCUT2D eigenvalue weighted by molar-refractivity contribution is 0.242. The van der Waals surface area contributed by atoms with Gasteiger partial charge in [-0.15, -0.1) is 11.8 Å². The van der Waals surface area contributed by atoms with Gasteiger partial charge >= 0.3 is 0 Å². The summed E-state index contributed by atoms with van der Waals surface area (Å²) in [6.07, 6.45) is 2.25. The Balaban J connectivity index is 2.05. The first kappa shape index (κ1) is 16.6. The van der Waals surface area contributed by atoms with Crippen molar-refractivity contribution < 1.29 is 4.74 Å². The number of nitrogens with zero attached hydrogens (tertiary/aromatic N) is 1. The Kier molecular flexibility index (Phi) is 5.21. The number of pyridine rings is 1. The number of hydrogen-bond acceptors (Lipinski definition) is 3. The van der Waals surface area contributed by atoms with Crippen LogP contribution in [0, 0.1) is 0 Å². The van der Waals surface area contributed by atoms with E-state index in [1.165, 1.54) is 4.90 Å². The van der Waals surface area contributed by atoms with Crippen LogP contribution < -0.4 is 4.74 Å². The predicted molar refractivity (Wildman–Crippen MR) is 103 cm³/mol. The van der Waals surface area contributed by atoms with Crippen LogP contribution in [-0.4, -0.2) is 17.3 Å². The minimum absolute atomic E-state index is 0.158. The molecule has 0 aliphatic heterocycles. The summed E-state index contributed by atoms with van der Waals surface area (Å²) in [6, 6.07) is 22.7. The van der Waals surface area contributed by atoms with Crippen molar-refractivity contribution in [3.05, 3.63) is 66.7 Å². The van der Waals surface area contributed by atoms with Gasteiger partial charge in [0.1, 0.15) is 5.75 Å². The molecule has 3 aromatic rings. The molecule has 122 valence electrons. The Morgan fingerprint density at radius 1 is 0.833 bits per heavy atom. The van der Waals surface area contributed by atoms with E-state index in [4.69, 9.17) is 9.72 Å². The van der Waals surface area contributed by atoms with E-state index in [9.17, 15) is 0 Å². The summed E-state index contributed by atoms with van der Waals surface area (Å²) in [5.41, 5.74) is 4.16. The highest BCUT2D eigenvalue weighted by molar-refractivity contribution is 7.98. The molecule has 0 radical (unpaired) electrons. The third kappa shape index (κ3) is 3.98. The van der Waals surface area contributed by atoms with Crippen LogP contribution in [0.4, 0.5) is 0 Å². The normalized spacial score (nSPS) is 10.8. The molecule has 0 spiro atoms. The summed E-state index contributed by atoms with van der Waals surface area (Å²) in [7, 11) is 0. The molecule has 0 aliphatic rings. The number of aromatic nitrogens is 1. The Hall–Kier alpha value is -2.26. The highest BCUT2D eigenvalue weighted by Crippen LogP contribution is 2.30. The van der Waals surface area contributed by atoms with Gasteiger partial charge in [0.15, 0.2) is 0 Å². The van der Waals surface area contributed by atoms with Crippen molar-refractivity contribution in [3.63, 3.8) is 0 Å². The first-order valence-electron chi connectivity index (χ1n) is 8.04. The Labute approximate surface area is 147 Å². The van der Waals surface area contributed by atoms with E-state index in [1.807, 2.05) is 44.2 Å². The number of thioether (sulfide) groups is 1. The molecule has 3 heteroatoms. The Morgan fingerprint density at radius 3 is 2.17 bits per heavy atom.